The van der Waals surface area contributed by atoms with Crippen molar-refractivity contribution in [2.24, 2.45) is 0 Å². The maximum Gasteiger partial charge on any atom is 0.339 e. The van der Waals surface area contributed by atoms with Gasteiger partial charge in [-0.3, -0.25) is 0 Å². The van der Waals surface area contributed by atoms with Gasteiger partial charge in [0.15, 0.2) is 5.75 Å². The van der Waals surface area contributed by atoms with Crippen LogP contribution in [0.25, 0.3) is 0 Å². The molecule has 84 valence electrons. The minimum Gasteiger partial charge on any atom is -0.489 e. The number of para-hydroxylation sites is 1. The van der Waals surface area contributed by atoms with E-state index in [1.165, 1.54) is 6.07 Å². The maximum absolute atomic E-state index is 10.8. The van der Waals surface area contributed by atoms with E-state index < -0.39 is 5.97 Å². The highest BCUT2D eigenvalue weighted by Gasteiger charge is 2.17. The summed E-state index contributed by atoms with van der Waals surface area (Å²) in [5, 5.41) is 11.9. The standard InChI is InChI=1S/C9H9NO3.2ClH/c11-9(12)6-2-1-3-7-8(6)13-5-4-10-7;;/h1-3,10H,4-5H2,(H,11,12);2*1H. The van der Waals surface area contributed by atoms with E-state index in [1.54, 1.807) is 12.1 Å². The molecule has 1 aliphatic heterocycles. The van der Waals surface area contributed by atoms with Gasteiger partial charge in [0.2, 0.25) is 0 Å². The number of ether oxygens (including phenoxy) is 1. The van der Waals surface area contributed by atoms with Gasteiger partial charge in [0.1, 0.15) is 12.2 Å². The second-order valence-electron chi connectivity index (χ2n) is 2.76. The Morgan fingerprint density at radius 3 is 2.80 bits per heavy atom. The van der Waals surface area contributed by atoms with Crippen molar-refractivity contribution in [3.8, 4) is 5.75 Å². The predicted molar refractivity (Wildman–Crippen MR) is 61.9 cm³/mol. The summed E-state index contributed by atoms with van der Waals surface area (Å²) in [6, 6.07) is 5.04. The molecule has 2 N–H and O–H groups in total. The smallest absolute Gasteiger partial charge is 0.339 e. The molecule has 0 aromatic heterocycles. The van der Waals surface area contributed by atoms with Crippen LogP contribution in [0.5, 0.6) is 5.75 Å². The fraction of sp³-hybridized carbons (Fsp3) is 0.222. The molecule has 4 nitrogen and oxygen atoms in total. The third-order valence-electron chi connectivity index (χ3n) is 1.91. The minimum absolute atomic E-state index is 0. The molecule has 0 bridgehead atoms. The summed E-state index contributed by atoms with van der Waals surface area (Å²) in [6.07, 6.45) is 0. The van der Waals surface area contributed by atoms with Crippen LogP contribution in [0, 0.1) is 0 Å². The maximum atomic E-state index is 10.8. The lowest BCUT2D eigenvalue weighted by molar-refractivity contribution is 0.0692. The topological polar surface area (TPSA) is 58.6 Å². The molecule has 6 heteroatoms. The number of benzene rings is 1. The normalized spacial score (nSPS) is 12.0. The van der Waals surface area contributed by atoms with Gasteiger partial charge < -0.3 is 15.2 Å². The number of hydrogen-bond acceptors (Lipinski definition) is 3. The first-order valence-corrected chi connectivity index (χ1v) is 4.02. The van der Waals surface area contributed by atoms with Crippen molar-refractivity contribution >= 4 is 36.5 Å². The lowest BCUT2D eigenvalue weighted by atomic mass is 10.1. The van der Waals surface area contributed by atoms with Crippen molar-refractivity contribution in [1.29, 1.82) is 0 Å². The molecule has 0 saturated heterocycles. The van der Waals surface area contributed by atoms with Crippen molar-refractivity contribution in [1.82, 2.24) is 0 Å². The number of aromatic carboxylic acids is 1. The third-order valence-corrected chi connectivity index (χ3v) is 1.91. The Balaban J connectivity index is 0.000000980. The Morgan fingerprint density at radius 1 is 1.40 bits per heavy atom. The first kappa shape index (κ1) is 13.9. The SMILES string of the molecule is Cl.Cl.O=C(O)c1cccc2c1OCCN2. The van der Waals surface area contributed by atoms with Crippen LogP contribution in [0.2, 0.25) is 0 Å². The van der Waals surface area contributed by atoms with Crippen LogP contribution < -0.4 is 10.1 Å². The van der Waals surface area contributed by atoms with Gasteiger partial charge in [-0.25, -0.2) is 4.79 Å². The van der Waals surface area contributed by atoms with Crippen molar-refractivity contribution < 1.29 is 14.6 Å². The van der Waals surface area contributed by atoms with Gasteiger partial charge in [-0.15, -0.1) is 24.8 Å². The van der Waals surface area contributed by atoms with Gasteiger partial charge >= 0.3 is 5.97 Å². The average molecular weight is 252 g/mol. The zero-order chi connectivity index (χ0) is 9.26. The van der Waals surface area contributed by atoms with Crippen LogP contribution in [-0.2, 0) is 0 Å². The number of rotatable bonds is 1. The Hall–Kier alpha value is -1.13. The lowest BCUT2D eigenvalue weighted by Gasteiger charge is -2.20. The zero-order valence-corrected chi connectivity index (χ0v) is 9.36. The van der Waals surface area contributed by atoms with E-state index in [1.807, 2.05) is 0 Å². The number of carboxylic acid groups (broad SMARTS) is 1. The Bertz CT molecular complexity index is 357. The Morgan fingerprint density at radius 2 is 2.13 bits per heavy atom. The van der Waals surface area contributed by atoms with E-state index in [2.05, 4.69) is 5.32 Å². The Kier molecular flexibility index (Phi) is 5.25. The van der Waals surface area contributed by atoms with Crippen LogP contribution in [0.4, 0.5) is 5.69 Å². The first-order chi connectivity index (χ1) is 6.29. The van der Waals surface area contributed by atoms with E-state index >= 15 is 0 Å². The molecule has 0 unspecified atom stereocenters. The van der Waals surface area contributed by atoms with Gasteiger partial charge in [-0.2, -0.15) is 0 Å². The molecule has 15 heavy (non-hydrogen) atoms. The van der Waals surface area contributed by atoms with Crippen molar-refractivity contribution in [3.63, 3.8) is 0 Å². The monoisotopic (exact) mass is 251 g/mol. The lowest BCUT2D eigenvalue weighted by Crippen LogP contribution is -2.19. The number of carboxylic acids is 1. The molecule has 0 aliphatic carbocycles. The highest BCUT2D eigenvalue weighted by Crippen LogP contribution is 2.30. The van der Waals surface area contributed by atoms with Crippen LogP contribution in [0.1, 0.15) is 10.4 Å². The molecule has 1 aromatic carbocycles. The molecule has 0 atom stereocenters. The van der Waals surface area contributed by atoms with Crippen molar-refractivity contribution in [2.75, 3.05) is 18.5 Å². The van der Waals surface area contributed by atoms with Crippen molar-refractivity contribution in [2.45, 2.75) is 0 Å². The van der Waals surface area contributed by atoms with E-state index in [0.29, 0.717) is 12.4 Å². The molecule has 1 aliphatic rings. The Labute approximate surface area is 99.4 Å². The van der Waals surface area contributed by atoms with E-state index in [9.17, 15) is 4.79 Å². The number of nitrogens with one attached hydrogen (secondary N) is 1. The largest absolute Gasteiger partial charge is 0.489 e. The molecule has 1 heterocycles. The number of hydrogen-bond donors (Lipinski definition) is 2. The zero-order valence-electron chi connectivity index (χ0n) is 7.73. The molecular weight excluding hydrogens is 241 g/mol. The third kappa shape index (κ3) is 2.67. The van der Waals surface area contributed by atoms with Gasteiger partial charge in [0.25, 0.3) is 0 Å². The van der Waals surface area contributed by atoms with Gasteiger partial charge in [0, 0.05) is 6.54 Å². The number of anilines is 1. The molecule has 0 saturated carbocycles. The fourth-order valence-corrected chi connectivity index (χ4v) is 1.34. The summed E-state index contributed by atoms with van der Waals surface area (Å²) < 4.78 is 5.27. The summed E-state index contributed by atoms with van der Waals surface area (Å²) in [5.41, 5.74) is 0.968. The van der Waals surface area contributed by atoms with E-state index in [-0.39, 0.29) is 30.4 Å². The molecule has 0 amide bonds. The van der Waals surface area contributed by atoms with Crippen LogP contribution >= 0.6 is 24.8 Å². The molecule has 1 aromatic rings. The van der Waals surface area contributed by atoms with Crippen molar-refractivity contribution in [3.05, 3.63) is 23.8 Å². The van der Waals surface area contributed by atoms with E-state index in [0.717, 1.165) is 12.2 Å². The van der Waals surface area contributed by atoms with E-state index in [4.69, 9.17) is 9.84 Å². The molecular formula is C9H11Cl2NO3. The van der Waals surface area contributed by atoms with Crippen LogP contribution in [0.3, 0.4) is 0 Å². The fourth-order valence-electron chi connectivity index (χ4n) is 1.34. The van der Waals surface area contributed by atoms with Crippen LogP contribution in [0.15, 0.2) is 18.2 Å². The number of halogens is 2. The van der Waals surface area contributed by atoms with Gasteiger partial charge in [-0.1, -0.05) is 6.07 Å². The summed E-state index contributed by atoms with van der Waals surface area (Å²) in [6.45, 7) is 1.23. The summed E-state index contributed by atoms with van der Waals surface area (Å²) in [5.74, 6) is -0.512. The number of fused-ring (bicyclic) bond motifs is 1. The molecule has 0 fully saturated rings. The molecule has 2 rings (SSSR count). The van der Waals surface area contributed by atoms with Gasteiger partial charge in [0.05, 0.1) is 5.69 Å². The summed E-state index contributed by atoms with van der Waals surface area (Å²) >= 11 is 0. The second kappa shape index (κ2) is 5.68. The predicted octanol–water partition coefficient (Wildman–Crippen LogP) is 2.03. The quantitative estimate of drug-likeness (QED) is 0.802. The second-order valence-corrected chi connectivity index (χ2v) is 2.76. The van der Waals surface area contributed by atoms with Gasteiger partial charge in [-0.05, 0) is 12.1 Å². The minimum atomic E-state index is -0.958. The average Bonchev–Trinajstić information content (AvgIpc) is 2.17. The number of carbonyl (C=O) groups is 1. The summed E-state index contributed by atoms with van der Waals surface area (Å²) in [4.78, 5) is 10.8. The first-order valence-electron chi connectivity index (χ1n) is 4.02. The highest BCUT2D eigenvalue weighted by atomic mass is 35.5. The highest BCUT2D eigenvalue weighted by molar-refractivity contribution is 5.93. The summed E-state index contributed by atoms with van der Waals surface area (Å²) in [7, 11) is 0. The molecule has 0 radical (unpaired) electrons. The van der Waals surface area contributed by atoms with Crippen LogP contribution in [-0.4, -0.2) is 24.2 Å². The molecule has 0 spiro atoms.